The van der Waals surface area contributed by atoms with Crippen molar-refractivity contribution in [3.8, 4) is 11.5 Å². The highest BCUT2D eigenvalue weighted by atomic mass is 16.5. The molecule has 3 rings (SSSR count). The van der Waals surface area contributed by atoms with E-state index in [1.165, 1.54) is 7.11 Å². The SMILES string of the molecule is COc1cc(C(=O)NCc2nc(C3CC3)no2)ccc1OCC(=O)NC(C)C. The van der Waals surface area contributed by atoms with Crippen LogP contribution in [0.1, 0.15) is 54.7 Å². The first-order valence-corrected chi connectivity index (χ1v) is 9.17. The van der Waals surface area contributed by atoms with Crippen molar-refractivity contribution < 1.29 is 23.6 Å². The minimum absolute atomic E-state index is 0.0308. The van der Waals surface area contributed by atoms with Gasteiger partial charge < -0.3 is 24.6 Å². The second-order valence-corrected chi connectivity index (χ2v) is 6.88. The van der Waals surface area contributed by atoms with Crippen LogP contribution in [0.5, 0.6) is 11.5 Å². The lowest BCUT2D eigenvalue weighted by Gasteiger charge is -2.13. The molecule has 28 heavy (non-hydrogen) atoms. The summed E-state index contributed by atoms with van der Waals surface area (Å²) in [6, 6.07) is 4.77. The van der Waals surface area contributed by atoms with Crippen LogP contribution in [0, 0.1) is 0 Å². The van der Waals surface area contributed by atoms with Crippen LogP contribution in [-0.2, 0) is 11.3 Å². The Morgan fingerprint density at radius 1 is 1.29 bits per heavy atom. The molecule has 1 aliphatic carbocycles. The van der Waals surface area contributed by atoms with Gasteiger partial charge in [0.15, 0.2) is 23.9 Å². The van der Waals surface area contributed by atoms with Crippen LogP contribution in [0.4, 0.5) is 0 Å². The molecule has 0 saturated heterocycles. The van der Waals surface area contributed by atoms with E-state index < -0.39 is 0 Å². The Morgan fingerprint density at radius 3 is 2.75 bits per heavy atom. The summed E-state index contributed by atoms with van der Waals surface area (Å²) >= 11 is 0. The number of hydrogen-bond donors (Lipinski definition) is 2. The molecule has 2 amide bonds. The zero-order valence-corrected chi connectivity index (χ0v) is 16.2. The Balaban J connectivity index is 1.56. The van der Waals surface area contributed by atoms with Crippen molar-refractivity contribution in [1.29, 1.82) is 0 Å². The van der Waals surface area contributed by atoms with Crippen LogP contribution < -0.4 is 20.1 Å². The minimum Gasteiger partial charge on any atom is -0.493 e. The molecule has 1 aliphatic rings. The monoisotopic (exact) mass is 388 g/mol. The van der Waals surface area contributed by atoms with Gasteiger partial charge in [-0.3, -0.25) is 9.59 Å². The van der Waals surface area contributed by atoms with Crippen LogP contribution in [0.15, 0.2) is 22.7 Å². The van der Waals surface area contributed by atoms with Crippen LogP contribution in [0.25, 0.3) is 0 Å². The quantitative estimate of drug-likeness (QED) is 0.673. The summed E-state index contributed by atoms with van der Waals surface area (Å²) < 4.78 is 15.9. The molecule has 150 valence electrons. The molecule has 0 radical (unpaired) electrons. The Hall–Kier alpha value is -3.10. The molecule has 0 atom stereocenters. The van der Waals surface area contributed by atoms with Gasteiger partial charge in [0.05, 0.1) is 13.7 Å². The molecule has 1 saturated carbocycles. The summed E-state index contributed by atoms with van der Waals surface area (Å²) in [7, 11) is 1.47. The third-order valence-corrected chi connectivity index (χ3v) is 4.06. The summed E-state index contributed by atoms with van der Waals surface area (Å²) in [5, 5.41) is 9.38. The fraction of sp³-hybridized carbons (Fsp3) is 0.474. The van der Waals surface area contributed by atoms with Crippen molar-refractivity contribution >= 4 is 11.8 Å². The van der Waals surface area contributed by atoms with E-state index in [9.17, 15) is 9.59 Å². The van der Waals surface area contributed by atoms with Crippen LogP contribution in [-0.4, -0.2) is 41.7 Å². The molecule has 2 aromatic rings. The van der Waals surface area contributed by atoms with Gasteiger partial charge in [-0.05, 0) is 44.9 Å². The predicted molar refractivity (Wildman–Crippen MR) is 99.2 cm³/mol. The number of methoxy groups -OCH3 is 1. The van der Waals surface area contributed by atoms with E-state index in [2.05, 4.69) is 20.8 Å². The van der Waals surface area contributed by atoms with Crippen molar-refractivity contribution in [2.75, 3.05) is 13.7 Å². The molecular weight excluding hydrogens is 364 g/mol. The van der Waals surface area contributed by atoms with E-state index >= 15 is 0 Å². The molecule has 0 spiro atoms. The van der Waals surface area contributed by atoms with Gasteiger partial charge in [0, 0.05) is 17.5 Å². The topological polar surface area (TPSA) is 116 Å². The smallest absolute Gasteiger partial charge is 0.258 e. The Labute approximate surface area is 162 Å². The van der Waals surface area contributed by atoms with Gasteiger partial charge in [0.2, 0.25) is 5.89 Å². The minimum atomic E-state index is -0.312. The average Bonchev–Trinajstić information content (AvgIpc) is 3.42. The first kappa shape index (κ1) is 19.7. The first-order chi connectivity index (χ1) is 13.5. The zero-order chi connectivity index (χ0) is 20.1. The van der Waals surface area contributed by atoms with E-state index in [4.69, 9.17) is 14.0 Å². The lowest BCUT2D eigenvalue weighted by molar-refractivity contribution is -0.123. The third kappa shape index (κ3) is 5.21. The highest BCUT2D eigenvalue weighted by molar-refractivity contribution is 5.94. The fourth-order valence-electron chi connectivity index (χ4n) is 2.54. The van der Waals surface area contributed by atoms with Gasteiger partial charge in [-0.25, -0.2) is 0 Å². The highest BCUT2D eigenvalue weighted by Crippen LogP contribution is 2.38. The fourth-order valence-corrected chi connectivity index (χ4v) is 2.54. The molecule has 2 N–H and O–H groups in total. The second-order valence-electron chi connectivity index (χ2n) is 6.88. The maximum Gasteiger partial charge on any atom is 0.258 e. The van der Waals surface area contributed by atoms with E-state index in [1.807, 2.05) is 13.8 Å². The number of hydrogen-bond acceptors (Lipinski definition) is 7. The van der Waals surface area contributed by atoms with Gasteiger partial charge in [0.25, 0.3) is 11.8 Å². The van der Waals surface area contributed by atoms with Gasteiger partial charge in [-0.2, -0.15) is 4.98 Å². The first-order valence-electron chi connectivity index (χ1n) is 9.17. The summed E-state index contributed by atoms with van der Waals surface area (Å²) in [5.41, 5.74) is 0.387. The number of ether oxygens (including phenoxy) is 2. The van der Waals surface area contributed by atoms with Gasteiger partial charge in [-0.1, -0.05) is 5.16 Å². The van der Waals surface area contributed by atoms with Crippen LogP contribution >= 0.6 is 0 Å². The molecule has 9 heteroatoms. The summed E-state index contributed by atoms with van der Waals surface area (Å²) in [6.07, 6.45) is 2.16. The van der Waals surface area contributed by atoms with Gasteiger partial charge in [-0.15, -0.1) is 0 Å². The van der Waals surface area contributed by atoms with Crippen LogP contribution in [0.3, 0.4) is 0 Å². The number of aromatic nitrogens is 2. The Bertz CT molecular complexity index is 845. The second kappa shape index (κ2) is 8.73. The highest BCUT2D eigenvalue weighted by Gasteiger charge is 2.28. The lowest BCUT2D eigenvalue weighted by atomic mass is 10.2. The number of nitrogens with zero attached hydrogens (tertiary/aromatic N) is 2. The Kier molecular flexibility index (Phi) is 6.13. The predicted octanol–water partition coefficient (Wildman–Crippen LogP) is 1.79. The van der Waals surface area contributed by atoms with Crippen molar-refractivity contribution in [2.24, 2.45) is 0 Å². The Morgan fingerprint density at radius 2 is 2.07 bits per heavy atom. The maximum atomic E-state index is 12.4. The summed E-state index contributed by atoms with van der Waals surface area (Å²) in [6.45, 7) is 3.74. The average molecular weight is 388 g/mol. The van der Waals surface area contributed by atoms with E-state index in [0.29, 0.717) is 34.7 Å². The number of rotatable bonds is 9. The number of carbonyl (C=O) groups excluding carboxylic acids is 2. The van der Waals surface area contributed by atoms with Crippen molar-refractivity contribution in [2.45, 2.75) is 45.2 Å². The van der Waals surface area contributed by atoms with Crippen LogP contribution in [0.2, 0.25) is 0 Å². The standard InChI is InChI=1S/C19H24N4O5/c1-11(2)21-16(24)10-27-14-7-6-13(8-15(14)26-3)19(25)20-9-17-22-18(23-28-17)12-4-5-12/h6-8,11-12H,4-5,9-10H2,1-3H3,(H,20,25)(H,21,24). The van der Waals surface area contributed by atoms with Gasteiger partial charge in [0.1, 0.15) is 0 Å². The molecule has 0 aliphatic heterocycles. The number of nitrogens with one attached hydrogen (secondary N) is 2. The molecule has 1 heterocycles. The molecule has 0 bridgehead atoms. The molecule has 0 unspecified atom stereocenters. The van der Waals surface area contributed by atoms with E-state index in [-0.39, 0.29) is 31.0 Å². The summed E-state index contributed by atoms with van der Waals surface area (Å²) in [5.74, 6) is 1.67. The lowest BCUT2D eigenvalue weighted by Crippen LogP contribution is -2.34. The normalized spacial score (nSPS) is 13.3. The zero-order valence-electron chi connectivity index (χ0n) is 16.2. The van der Waals surface area contributed by atoms with Crippen molar-refractivity contribution in [3.63, 3.8) is 0 Å². The molecule has 1 fully saturated rings. The molecule has 1 aromatic carbocycles. The van der Waals surface area contributed by atoms with Crippen molar-refractivity contribution in [1.82, 2.24) is 20.8 Å². The van der Waals surface area contributed by atoms with Crippen molar-refractivity contribution in [3.05, 3.63) is 35.5 Å². The van der Waals surface area contributed by atoms with Gasteiger partial charge >= 0.3 is 0 Å². The summed E-state index contributed by atoms with van der Waals surface area (Å²) in [4.78, 5) is 28.4. The van der Waals surface area contributed by atoms with E-state index in [0.717, 1.165) is 12.8 Å². The third-order valence-electron chi connectivity index (χ3n) is 4.06. The number of benzene rings is 1. The molecule has 1 aromatic heterocycles. The maximum absolute atomic E-state index is 12.4. The molecular formula is C19H24N4O5. The van der Waals surface area contributed by atoms with E-state index in [1.54, 1.807) is 18.2 Å². The number of amides is 2. The largest absolute Gasteiger partial charge is 0.493 e. The molecule has 9 nitrogen and oxygen atoms in total. The number of carbonyl (C=O) groups is 2.